The average Bonchev–Trinajstić information content (AvgIpc) is 2.03. The number of nitrogens with one attached hydrogen (secondary N) is 1. The molecule has 0 spiro atoms. The van der Waals surface area contributed by atoms with E-state index in [-0.39, 0.29) is 12.0 Å². The van der Waals surface area contributed by atoms with E-state index in [0.29, 0.717) is 0 Å². The molecule has 0 aliphatic rings. The van der Waals surface area contributed by atoms with Gasteiger partial charge in [0.2, 0.25) is 0 Å². The van der Waals surface area contributed by atoms with Crippen molar-refractivity contribution in [2.24, 2.45) is 0 Å². The lowest BCUT2D eigenvalue weighted by atomic mass is 10.2. The first kappa shape index (κ1) is 8.58. The van der Waals surface area contributed by atoms with E-state index >= 15 is 0 Å². The van der Waals surface area contributed by atoms with Gasteiger partial charge in [0.25, 0.3) is 6.43 Å². The number of H-pyrrole nitrogens is 1. The number of pyridine rings is 1. The lowest BCUT2D eigenvalue weighted by molar-refractivity contribution is 0.110. The van der Waals surface area contributed by atoms with Crippen molar-refractivity contribution in [1.29, 1.82) is 0 Å². The number of alkyl halides is 2. The van der Waals surface area contributed by atoms with Crippen LogP contribution in [0.5, 0.6) is 0 Å². The Hall–Kier alpha value is -1.52. The van der Waals surface area contributed by atoms with Crippen molar-refractivity contribution in [3.63, 3.8) is 0 Å². The Morgan fingerprint density at radius 2 is 2.17 bits per heavy atom. The Morgan fingerprint density at radius 1 is 1.50 bits per heavy atom. The molecule has 0 radical (unpaired) electrons. The molecule has 0 fully saturated rings. The molecule has 5 heteroatoms. The minimum absolute atomic E-state index is 0.197. The average molecular weight is 173 g/mol. The Balaban J connectivity index is 3.39. The maximum absolute atomic E-state index is 12.1. The molecule has 1 heterocycles. The topological polar surface area (TPSA) is 49.9 Å². The second-order valence-electron chi connectivity index (χ2n) is 2.09. The zero-order valence-corrected chi connectivity index (χ0v) is 5.88. The van der Waals surface area contributed by atoms with Gasteiger partial charge in [0.1, 0.15) is 0 Å². The predicted octanol–water partition coefficient (Wildman–Crippen LogP) is 1.12. The minimum atomic E-state index is -2.92. The van der Waals surface area contributed by atoms with Gasteiger partial charge in [0.15, 0.2) is 11.7 Å². The van der Waals surface area contributed by atoms with E-state index in [1.54, 1.807) is 0 Å². The number of hydrogen-bond donors (Lipinski definition) is 1. The monoisotopic (exact) mass is 173 g/mol. The molecule has 0 unspecified atom stereocenters. The lowest BCUT2D eigenvalue weighted by Gasteiger charge is -1.99. The normalized spacial score (nSPS) is 10.2. The molecule has 3 nitrogen and oxygen atoms in total. The number of carbonyl (C=O) groups excluding carboxylic acids is 1. The second kappa shape index (κ2) is 3.25. The molecule has 0 atom stereocenters. The van der Waals surface area contributed by atoms with Crippen molar-refractivity contribution in [3.8, 4) is 0 Å². The van der Waals surface area contributed by atoms with Crippen molar-refractivity contribution < 1.29 is 13.6 Å². The van der Waals surface area contributed by atoms with E-state index in [1.807, 2.05) is 0 Å². The molecule has 0 aromatic carbocycles. The molecule has 1 aromatic rings. The van der Waals surface area contributed by atoms with E-state index in [4.69, 9.17) is 0 Å². The molecule has 0 saturated heterocycles. The highest BCUT2D eigenvalue weighted by Crippen LogP contribution is 2.15. The third-order valence-corrected chi connectivity index (χ3v) is 1.37. The number of hydrogen-bond acceptors (Lipinski definition) is 2. The van der Waals surface area contributed by atoms with Gasteiger partial charge in [0, 0.05) is 12.3 Å². The second-order valence-corrected chi connectivity index (χ2v) is 2.09. The van der Waals surface area contributed by atoms with Gasteiger partial charge in [-0.15, -0.1) is 0 Å². The molecule has 0 saturated carbocycles. The SMILES string of the molecule is O=Cc1[nH]ccc(=O)c1C(F)F. The minimum Gasteiger partial charge on any atom is -0.358 e. The van der Waals surface area contributed by atoms with E-state index in [1.165, 1.54) is 0 Å². The molecule has 1 aromatic heterocycles. The summed E-state index contributed by atoms with van der Waals surface area (Å²) in [4.78, 5) is 23.2. The zero-order chi connectivity index (χ0) is 9.14. The van der Waals surface area contributed by atoms with Gasteiger partial charge in [-0.25, -0.2) is 8.78 Å². The van der Waals surface area contributed by atoms with Crippen LogP contribution < -0.4 is 5.43 Å². The molecular weight excluding hydrogens is 168 g/mol. The lowest BCUT2D eigenvalue weighted by Crippen LogP contribution is -2.12. The van der Waals surface area contributed by atoms with E-state index < -0.39 is 17.4 Å². The highest BCUT2D eigenvalue weighted by molar-refractivity contribution is 5.74. The van der Waals surface area contributed by atoms with Gasteiger partial charge in [-0.2, -0.15) is 0 Å². The molecule has 0 aliphatic carbocycles. The van der Waals surface area contributed by atoms with Gasteiger partial charge in [0.05, 0.1) is 11.3 Å². The third kappa shape index (κ3) is 1.39. The fourth-order valence-corrected chi connectivity index (χ4v) is 0.830. The summed E-state index contributed by atoms with van der Waals surface area (Å²) in [5.74, 6) is 0. The molecule has 1 rings (SSSR count). The zero-order valence-electron chi connectivity index (χ0n) is 5.88. The van der Waals surface area contributed by atoms with Gasteiger partial charge in [-0.05, 0) is 0 Å². The molecule has 0 bridgehead atoms. The quantitative estimate of drug-likeness (QED) is 0.681. The van der Waals surface area contributed by atoms with Crippen LogP contribution in [0.15, 0.2) is 17.1 Å². The van der Waals surface area contributed by atoms with Crippen LogP contribution in [-0.2, 0) is 0 Å². The number of aldehydes is 1. The van der Waals surface area contributed by atoms with Crippen LogP contribution >= 0.6 is 0 Å². The van der Waals surface area contributed by atoms with E-state index in [2.05, 4.69) is 4.98 Å². The van der Waals surface area contributed by atoms with Gasteiger partial charge in [-0.3, -0.25) is 9.59 Å². The number of aromatic amines is 1. The summed E-state index contributed by atoms with van der Waals surface area (Å²) in [5, 5.41) is 0. The van der Waals surface area contributed by atoms with E-state index in [9.17, 15) is 18.4 Å². The summed E-state index contributed by atoms with van der Waals surface area (Å²) in [6.07, 6.45) is -1.57. The van der Waals surface area contributed by atoms with Crippen molar-refractivity contribution in [2.45, 2.75) is 6.43 Å². The van der Waals surface area contributed by atoms with Gasteiger partial charge >= 0.3 is 0 Å². The third-order valence-electron chi connectivity index (χ3n) is 1.37. The van der Waals surface area contributed by atoms with Crippen molar-refractivity contribution in [3.05, 3.63) is 33.7 Å². The van der Waals surface area contributed by atoms with Crippen molar-refractivity contribution in [1.82, 2.24) is 4.98 Å². The number of rotatable bonds is 2. The molecular formula is C7H5F2NO2. The molecule has 64 valence electrons. The first-order chi connectivity index (χ1) is 5.66. The maximum atomic E-state index is 12.1. The first-order valence-electron chi connectivity index (χ1n) is 3.11. The number of carbonyl (C=O) groups is 1. The van der Waals surface area contributed by atoms with Crippen LogP contribution in [0.25, 0.3) is 0 Å². The smallest absolute Gasteiger partial charge is 0.269 e. The Bertz CT molecular complexity index is 346. The summed E-state index contributed by atoms with van der Waals surface area (Å²) >= 11 is 0. The molecule has 12 heavy (non-hydrogen) atoms. The van der Waals surface area contributed by atoms with Crippen LogP contribution in [0.1, 0.15) is 22.5 Å². The molecule has 0 amide bonds. The number of halogens is 2. The molecule has 0 aliphatic heterocycles. The maximum Gasteiger partial charge on any atom is 0.269 e. The van der Waals surface area contributed by atoms with Crippen LogP contribution in [0.2, 0.25) is 0 Å². The fourth-order valence-electron chi connectivity index (χ4n) is 0.830. The van der Waals surface area contributed by atoms with Crippen LogP contribution in [0.4, 0.5) is 8.78 Å². The largest absolute Gasteiger partial charge is 0.358 e. The van der Waals surface area contributed by atoms with Gasteiger partial charge < -0.3 is 4.98 Å². The van der Waals surface area contributed by atoms with Crippen molar-refractivity contribution in [2.75, 3.05) is 0 Å². The Labute approximate surface area is 66.0 Å². The van der Waals surface area contributed by atoms with Crippen molar-refractivity contribution >= 4 is 6.29 Å². The van der Waals surface area contributed by atoms with Crippen LogP contribution in [0.3, 0.4) is 0 Å². The Kier molecular flexibility index (Phi) is 2.32. The number of aromatic nitrogens is 1. The highest BCUT2D eigenvalue weighted by Gasteiger charge is 2.16. The standard InChI is InChI=1S/C7H5F2NO2/c8-7(9)6-4(3-11)10-2-1-5(6)12/h1-3,7H,(H,10,12). The fraction of sp³-hybridized carbons (Fsp3) is 0.143. The molecule has 1 N–H and O–H groups in total. The highest BCUT2D eigenvalue weighted by atomic mass is 19.3. The van der Waals surface area contributed by atoms with Crippen LogP contribution in [0, 0.1) is 0 Å². The summed E-state index contributed by atoms with van der Waals surface area (Å²) < 4.78 is 24.2. The van der Waals surface area contributed by atoms with Gasteiger partial charge in [-0.1, -0.05) is 0 Å². The summed E-state index contributed by atoms with van der Waals surface area (Å²) in [6, 6.07) is 0.953. The van der Waals surface area contributed by atoms with E-state index in [0.717, 1.165) is 12.3 Å². The summed E-state index contributed by atoms with van der Waals surface area (Å²) in [7, 11) is 0. The van der Waals surface area contributed by atoms with Crippen LogP contribution in [-0.4, -0.2) is 11.3 Å². The Morgan fingerprint density at radius 3 is 2.58 bits per heavy atom. The first-order valence-corrected chi connectivity index (χ1v) is 3.11. The predicted molar refractivity (Wildman–Crippen MR) is 37.4 cm³/mol. The summed E-state index contributed by atoms with van der Waals surface area (Å²) in [5.41, 5.74) is -1.96. The summed E-state index contributed by atoms with van der Waals surface area (Å²) in [6.45, 7) is 0.